The first-order valence-electron chi connectivity index (χ1n) is 22.0. The van der Waals surface area contributed by atoms with E-state index in [9.17, 15) is 24.3 Å². The number of amides is 3. The number of aryl methyl sites for hydroxylation is 1. The zero-order valence-corrected chi connectivity index (χ0v) is 37.6. The summed E-state index contributed by atoms with van der Waals surface area (Å²) in [5, 5.41) is 19.9. The highest BCUT2D eigenvalue weighted by Gasteiger charge is 2.41. The molecule has 3 aliphatic heterocycles. The maximum absolute atomic E-state index is 14.6. The molecule has 3 amide bonds. The quantitative estimate of drug-likeness (QED) is 0.157. The summed E-state index contributed by atoms with van der Waals surface area (Å²) in [5.74, 6) is -1.98. The van der Waals surface area contributed by atoms with Crippen molar-refractivity contribution in [2.24, 2.45) is 17.3 Å². The summed E-state index contributed by atoms with van der Waals surface area (Å²) < 4.78 is 14.2. The van der Waals surface area contributed by atoms with Crippen molar-refractivity contribution in [1.82, 2.24) is 35.5 Å². The number of carbonyl (C=O) groups is 4. The van der Waals surface area contributed by atoms with Crippen molar-refractivity contribution in [3.8, 4) is 28.1 Å². The van der Waals surface area contributed by atoms with E-state index in [1.807, 2.05) is 45.9 Å². The van der Waals surface area contributed by atoms with E-state index in [4.69, 9.17) is 14.5 Å². The summed E-state index contributed by atoms with van der Waals surface area (Å²) in [4.78, 5) is 62.7. The molecule has 0 spiro atoms. The lowest BCUT2D eigenvalue weighted by molar-refractivity contribution is -0.155. The molecule has 2 aromatic heterocycles. The van der Waals surface area contributed by atoms with Crippen molar-refractivity contribution < 1.29 is 33.8 Å². The molecular formula is C48H63N7O7. The van der Waals surface area contributed by atoms with Crippen LogP contribution in [0.4, 0.5) is 0 Å². The van der Waals surface area contributed by atoms with Crippen LogP contribution in [0.1, 0.15) is 84.2 Å². The van der Waals surface area contributed by atoms with Gasteiger partial charge in [-0.25, -0.2) is 5.43 Å². The first kappa shape index (κ1) is 44.7. The number of aromatic hydroxyl groups is 1. The van der Waals surface area contributed by atoms with Gasteiger partial charge in [-0.3, -0.25) is 29.2 Å². The molecule has 2 aromatic carbocycles. The normalized spacial score (nSPS) is 22.6. The molecule has 2 saturated heterocycles. The standard InChI is InChI=1S/C48H63N7O7/c1-10-54-40-16-15-31-23-35(40)36(43(54)34-13-11-17-49-41(34)29(5)61-9)24-48(6,7)26-62-47(60)38-14-12-18-55(52-38)46(59)39(21-30-19-32(31)22-33(56)20-30)51-44(57)42(27(2)3)53(8)45(58)37-25-50-28(37)4/h11,13,15-17,19-20,22-23,27-29,37-39,42,50,52,56H,10,12,14,18,21,24-26H2,1-9H3,(H,51,57)/t28-,29+,37+,38+,39+,42?/m1/s1. The van der Waals surface area contributed by atoms with E-state index in [2.05, 4.69) is 59.6 Å². The second-order valence-corrected chi connectivity index (χ2v) is 18.5. The summed E-state index contributed by atoms with van der Waals surface area (Å²) in [5.41, 5.74) is 9.71. The number of ether oxygens (including phenoxy) is 2. The minimum absolute atomic E-state index is 0.000326. The number of nitrogens with zero attached hydrogens (tertiary/aromatic N) is 4. The van der Waals surface area contributed by atoms with Crippen LogP contribution >= 0.6 is 0 Å². The number of aromatic nitrogens is 2. The van der Waals surface area contributed by atoms with Gasteiger partial charge in [0.25, 0.3) is 5.91 Å². The number of phenolic OH excluding ortho intramolecular Hbond substituents is 1. The lowest BCUT2D eigenvalue weighted by Crippen LogP contribution is -2.63. The first-order valence-corrected chi connectivity index (χ1v) is 22.0. The van der Waals surface area contributed by atoms with Crippen LogP contribution < -0.4 is 16.1 Å². The minimum Gasteiger partial charge on any atom is -0.508 e. The highest BCUT2D eigenvalue weighted by Crippen LogP contribution is 2.42. The number of rotatable bonds is 9. The van der Waals surface area contributed by atoms with Crippen LogP contribution in [0.5, 0.6) is 5.75 Å². The molecule has 7 rings (SSSR count). The van der Waals surface area contributed by atoms with Gasteiger partial charge in [-0.2, -0.15) is 0 Å². The molecule has 332 valence electrons. The Bertz CT molecular complexity index is 2340. The summed E-state index contributed by atoms with van der Waals surface area (Å²) in [7, 11) is 3.32. The van der Waals surface area contributed by atoms with Crippen molar-refractivity contribution in [2.75, 3.05) is 33.9 Å². The Kier molecular flexibility index (Phi) is 13.1. The van der Waals surface area contributed by atoms with Crippen molar-refractivity contribution in [3.63, 3.8) is 0 Å². The SMILES string of the molecule is CCn1c(-c2cccnc2[C@H](C)OC)c2c3cc(ccc31)-c1cc(O)cc(c1)C[C@H](NC(=O)C(C(C)C)N(C)C(=O)[C@H]1CN[C@@H]1C)C(=O)N1CCC[C@H](N1)C(=O)OCC(C)(C)C2. The fourth-order valence-corrected chi connectivity index (χ4v) is 9.42. The van der Waals surface area contributed by atoms with E-state index in [0.717, 1.165) is 44.5 Å². The number of pyridine rings is 1. The lowest BCUT2D eigenvalue weighted by atomic mass is 9.84. The molecular weight excluding hydrogens is 787 g/mol. The number of benzene rings is 2. The zero-order valence-electron chi connectivity index (χ0n) is 37.6. The average molecular weight is 850 g/mol. The third-order valence-electron chi connectivity index (χ3n) is 12.9. The van der Waals surface area contributed by atoms with Gasteiger partial charge in [-0.15, -0.1) is 0 Å². The Morgan fingerprint density at radius 3 is 2.56 bits per heavy atom. The fourth-order valence-electron chi connectivity index (χ4n) is 9.42. The average Bonchev–Trinajstić information content (AvgIpc) is 3.54. The van der Waals surface area contributed by atoms with Crippen LogP contribution in [0.15, 0.2) is 54.7 Å². The molecule has 0 aliphatic carbocycles. The molecule has 3 aliphatic rings. The van der Waals surface area contributed by atoms with Gasteiger partial charge >= 0.3 is 5.97 Å². The predicted octanol–water partition coefficient (Wildman–Crippen LogP) is 5.54. The fraction of sp³-hybridized carbons (Fsp3) is 0.521. The second-order valence-electron chi connectivity index (χ2n) is 18.5. The third kappa shape index (κ3) is 8.95. The number of hydrogen-bond acceptors (Lipinski definition) is 10. The van der Waals surface area contributed by atoms with Crippen LogP contribution in [-0.4, -0.2) is 106 Å². The number of esters is 1. The number of hydrogen-bond donors (Lipinski definition) is 4. The monoisotopic (exact) mass is 849 g/mol. The smallest absolute Gasteiger partial charge is 0.324 e. The number of phenols is 1. The Balaban J connectivity index is 1.35. The number of nitrogens with one attached hydrogen (secondary N) is 3. The second kappa shape index (κ2) is 18.2. The van der Waals surface area contributed by atoms with Crippen LogP contribution in [0.3, 0.4) is 0 Å². The molecule has 14 heteroatoms. The molecule has 6 atom stereocenters. The highest BCUT2D eigenvalue weighted by molar-refractivity contribution is 5.96. The molecule has 4 aromatic rings. The number of fused-ring (bicyclic) bond motifs is 6. The third-order valence-corrected chi connectivity index (χ3v) is 12.9. The van der Waals surface area contributed by atoms with Crippen LogP contribution in [0, 0.1) is 17.3 Å². The molecule has 1 unspecified atom stereocenters. The topological polar surface area (TPSA) is 167 Å². The minimum atomic E-state index is -1.11. The van der Waals surface area contributed by atoms with Crippen LogP contribution in [0.25, 0.3) is 33.3 Å². The van der Waals surface area contributed by atoms with E-state index >= 15 is 0 Å². The summed E-state index contributed by atoms with van der Waals surface area (Å²) >= 11 is 0. The number of likely N-dealkylation sites (N-methyl/N-ethyl adjacent to an activating group) is 1. The van der Waals surface area contributed by atoms with Gasteiger partial charge < -0.3 is 34.7 Å². The van der Waals surface area contributed by atoms with Crippen molar-refractivity contribution in [2.45, 2.75) is 111 Å². The summed E-state index contributed by atoms with van der Waals surface area (Å²) in [6, 6.07) is 12.8. The largest absolute Gasteiger partial charge is 0.508 e. The lowest BCUT2D eigenvalue weighted by Gasteiger charge is -2.40. The van der Waals surface area contributed by atoms with Crippen molar-refractivity contribution in [1.29, 1.82) is 0 Å². The van der Waals surface area contributed by atoms with E-state index in [1.165, 1.54) is 9.91 Å². The molecule has 14 nitrogen and oxygen atoms in total. The molecule has 4 N–H and O–H groups in total. The Morgan fingerprint density at radius 1 is 1.11 bits per heavy atom. The van der Waals surface area contributed by atoms with E-state index in [0.29, 0.717) is 44.5 Å². The molecule has 5 heterocycles. The molecule has 0 saturated carbocycles. The van der Waals surface area contributed by atoms with E-state index in [-0.39, 0.29) is 48.7 Å². The molecule has 6 bridgehead atoms. The number of cyclic esters (lactones) is 1. The van der Waals surface area contributed by atoms with Gasteiger partial charge in [0.15, 0.2) is 0 Å². The van der Waals surface area contributed by atoms with Gasteiger partial charge in [-0.1, -0.05) is 39.8 Å². The van der Waals surface area contributed by atoms with Crippen molar-refractivity contribution in [3.05, 3.63) is 71.5 Å². The predicted molar refractivity (Wildman–Crippen MR) is 238 cm³/mol. The molecule has 2 fully saturated rings. The summed E-state index contributed by atoms with van der Waals surface area (Å²) in [6.07, 6.45) is 3.10. The highest BCUT2D eigenvalue weighted by atomic mass is 16.5. The van der Waals surface area contributed by atoms with Crippen molar-refractivity contribution >= 4 is 34.6 Å². The summed E-state index contributed by atoms with van der Waals surface area (Å²) in [6.45, 7) is 15.6. The van der Waals surface area contributed by atoms with Crippen LogP contribution in [-0.2, 0) is 48.0 Å². The van der Waals surface area contributed by atoms with Gasteiger partial charge in [0.05, 0.1) is 30.0 Å². The number of hydrazine groups is 1. The maximum Gasteiger partial charge on any atom is 0.324 e. The van der Waals surface area contributed by atoms with Gasteiger partial charge in [-0.05, 0) is 105 Å². The Labute approximate surface area is 364 Å². The molecule has 0 radical (unpaired) electrons. The van der Waals surface area contributed by atoms with Gasteiger partial charge in [0.2, 0.25) is 11.8 Å². The Morgan fingerprint density at radius 2 is 1.89 bits per heavy atom. The van der Waals surface area contributed by atoms with E-state index < -0.39 is 41.3 Å². The first-order chi connectivity index (χ1) is 29.5. The Hall–Kier alpha value is -5.31. The molecule has 62 heavy (non-hydrogen) atoms. The number of carbonyl (C=O) groups excluding carboxylic acids is 4. The maximum atomic E-state index is 14.6. The van der Waals surface area contributed by atoms with Crippen LogP contribution in [0.2, 0.25) is 0 Å². The number of methoxy groups -OCH3 is 1. The van der Waals surface area contributed by atoms with Gasteiger partial charge in [0.1, 0.15) is 23.9 Å². The van der Waals surface area contributed by atoms with E-state index in [1.54, 1.807) is 32.5 Å². The van der Waals surface area contributed by atoms with Gasteiger partial charge in [0, 0.05) is 74.3 Å². The zero-order chi connectivity index (χ0) is 44.6.